The van der Waals surface area contributed by atoms with Crippen molar-refractivity contribution in [1.29, 1.82) is 0 Å². The Kier molecular flexibility index (Phi) is 2.23. The Hall–Kier alpha value is -1.09. The summed E-state index contributed by atoms with van der Waals surface area (Å²) in [6, 6.07) is 9.63. The van der Waals surface area contributed by atoms with Crippen molar-refractivity contribution in [3.63, 3.8) is 0 Å². The largest absolute Gasteiger partial charge is 0.214 e. The summed E-state index contributed by atoms with van der Waals surface area (Å²) in [7, 11) is -2.12. The Bertz CT molecular complexity index is 316. The van der Waals surface area contributed by atoms with Crippen LogP contribution in [0.15, 0.2) is 24.3 Å². The second-order valence-corrected chi connectivity index (χ2v) is 2.45. The van der Waals surface area contributed by atoms with Gasteiger partial charge in [0.15, 0.2) is 0 Å². The number of hydrogen-bond acceptors (Lipinski definition) is 2. The van der Waals surface area contributed by atoms with Crippen molar-refractivity contribution in [2.75, 3.05) is 0 Å². The predicted octanol–water partition coefficient (Wildman–Crippen LogP) is 0.516. The van der Waals surface area contributed by atoms with Crippen LogP contribution >= 0.6 is 0 Å². The van der Waals surface area contributed by atoms with Crippen molar-refractivity contribution in [3.05, 3.63) is 35.9 Å². The molecule has 1 rings (SSSR count). The molecule has 0 saturated heterocycles. The Morgan fingerprint density at radius 2 is 2.20 bits per heavy atom. The van der Waals surface area contributed by atoms with Gasteiger partial charge < -0.3 is 0 Å². The van der Waals surface area contributed by atoms with Crippen LogP contribution in [0, 0.1) is 6.07 Å². The molecule has 3 heteroatoms. The van der Waals surface area contributed by atoms with Gasteiger partial charge in [-0.2, -0.15) is 8.42 Å². The number of benzene rings is 1. The van der Waals surface area contributed by atoms with Crippen molar-refractivity contribution >= 4 is 15.7 Å². The molecule has 10 heavy (non-hydrogen) atoms. The first-order valence-corrected chi connectivity index (χ1v) is 3.82. The van der Waals surface area contributed by atoms with Crippen LogP contribution in [0.3, 0.4) is 0 Å². The lowest BCUT2D eigenvalue weighted by Crippen LogP contribution is -1.78. The second-order valence-electron chi connectivity index (χ2n) is 1.70. The molecule has 0 fully saturated rings. The summed E-state index contributed by atoms with van der Waals surface area (Å²) in [4.78, 5) is 0. The SMILES string of the molecule is O=S(=O)=Cc1[c]cccc1. The topological polar surface area (TPSA) is 34.1 Å². The molecule has 0 aliphatic carbocycles. The van der Waals surface area contributed by atoms with Crippen LogP contribution in [-0.4, -0.2) is 13.8 Å². The zero-order chi connectivity index (χ0) is 7.40. The lowest BCUT2D eigenvalue weighted by Gasteiger charge is -1.82. The molecule has 1 aromatic rings. The molecule has 0 aliphatic rings. The average Bonchev–Trinajstić information content (AvgIpc) is 1.88. The van der Waals surface area contributed by atoms with Crippen molar-refractivity contribution in [2.45, 2.75) is 0 Å². The molecule has 1 radical (unpaired) electrons. The van der Waals surface area contributed by atoms with Gasteiger partial charge in [-0.05, 0) is 11.6 Å². The lowest BCUT2D eigenvalue weighted by atomic mass is 10.2. The highest BCUT2D eigenvalue weighted by Gasteiger charge is 1.82. The molecule has 0 amide bonds. The normalized spacial score (nSPS) is 8.80. The molecule has 0 N–H and O–H groups in total. The van der Waals surface area contributed by atoms with Gasteiger partial charge in [0.1, 0.15) is 0 Å². The second kappa shape index (κ2) is 3.17. The van der Waals surface area contributed by atoms with Crippen LogP contribution < -0.4 is 0 Å². The van der Waals surface area contributed by atoms with Gasteiger partial charge in [-0.25, -0.2) is 0 Å². The zero-order valence-electron chi connectivity index (χ0n) is 5.11. The van der Waals surface area contributed by atoms with Crippen molar-refractivity contribution in [3.8, 4) is 0 Å². The van der Waals surface area contributed by atoms with E-state index in [0.717, 1.165) is 5.37 Å². The predicted molar refractivity (Wildman–Crippen MR) is 39.4 cm³/mol. The van der Waals surface area contributed by atoms with E-state index in [9.17, 15) is 8.42 Å². The maximum Gasteiger partial charge on any atom is 0.214 e. The van der Waals surface area contributed by atoms with Crippen LogP contribution in [0.1, 0.15) is 5.56 Å². The van der Waals surface area contributed by atoms with Gasteiger partial charge >= 0.3 is 0 Å². The smallest absolute Gasteiger partial charge is 0.185 e. The van der Waals surface area contributed by atoms with Crippen molar-refractivity contribution in [2.24, 2.45) is 0 Å². The van der Waals surface area contributed by atoms with Gasteiger partial charge in [0.2, 0.25) is 10.3 Å². The Balaban J connectivity index is 3.10. The highest BCUT2D eigenvalue weighted by atomic mass is 32.2. The summed E-state index contributed by atoms with van der Waals surface area (Å²) >= 11 is 0. The monoisotopic (exact) mass is 153 g/mol. The Morgan fingerprint density at radius 3 is 2.70 bits per heavy atom. The van der Waals surface area contributed by atoms with E-state index in [0.29, 0.717) is 5.56 Å². The summed E-state index contributed by atoms with van der Waals surface area (Å²) in [5, 5.41) is 1.11. The minimum Gasteiger partial charge on any atom is -0.185 e. The molecule has 1 aromatic carbocycles. The van der Waals surface area contributed by atoms with Crippen LogP contribution in [0.2, 0.25) is 0 Å². The van der Waals surface area contributed by atoms with Gasteiger partial charge in [0, 0.05) is 0 Å². The zero-order valence-corrected chi connectivity index (χ0v) is 5.93. The summed E-state index contributed by atoms with van der Waals surface area (Å²) in [6.07, 6.45) is 0. The first-order valence-electron chi connectivity index (χ1n) is 2.69. The third kappa shape index (κ3) is 2.03. The molecular formula is C7H5O2S. The Morgan fingerprint density at radius 1 is 1.40 bits per heavy atom. The highest BCUT2D eigenvalue weighted by Crippen LogP contribution is 1.90. The Labute approximate surface area is 60.7 Å². The molecule has 51 valence electrons. The van der Waals surface area contributed by atoms with E-state index in [1.54, 1.807) is 24.3 Å². The fourth-order valence-corrected chi connectivity index (χ4v) is 0.938. The van der Waals surface area contributed by atoms with Crippen LogP contribution in [0.4, 0.5) is 0 Å². The van der Waals surface area contributed by atoms with Crippen LogP contribution in [0.5, 0.6) is 0 Å². The molecule has 0 saturated carbocycles. The summed E-state index contributed by atoms with van der Waals surface area (Å²) in [5.41, 5.74) is 0.579. The summed E-state index contributed by atoms with van der Waals surface area (Å²) < 4.78 is 20.2. The molecule has 0 bridgehead atoms. The molecule has 0 aliphatic heterocycles. The molecule has 0 unspecified atom stereocenters. The van der Waals surface area contributed by atoms with E-state index in [2.05, 4.69) is 6.07 Å². The van der Waals surface area contributed by atoms with E-state index in [-0.39, 0.29) is 0 Å². The average molecular weight is 153 g/mol. The molecule has 0 spiro atoms. The highest BCUT2D eigenvalue weighted by molar-refractivity contribution is 7.71. The molecule has 0 heterocycles. The first-order chi connectivity index (χ1) is 4.79. The lowest BCUT2D eigenvalue weighted by molar-refractivity contribution is 0.627. The fraction of sp³-hybridized carbons (Fsp3) is 0. The first kappa shape index (κ1) is 7.02. The van der Waals surface area contributed by atoms with Gasteiger partial charge in [-0.1, -0.05) is 24.3 Å². The maximum atomic E-state index is 10.1. The van der Waals surface area contributed by atoms with E-state index < -0.39 is 10.3 Å². The van der Waals surface area contributed by atoms with E-state index in [1.165, 1.54) is 0 Å². The van der Waals surface area contributed by atoms with Crippen LogP contribution in [0.25, 0.3) is 0 Å². The number of hydrogen-bond donors (Lipinski definition) is 0. The van der Waals surface area contributed by atoms with Crippen LogP contribution in [-0.2, 0) is 10.3 Å². The molecular weight excluding hydrogens is 148 g/mol. The third-order valence-corrected chi connectivity index (χ3v) is 1.40. The number of rotatable bonds is 1. The van der Waals surface area contributed by atoms with Gasteiger partial charge in [0.25, 0.3) is 0 Å². The van der Waals surface area contributed by atoms with Gasteiger partial charge in [-0.15, -0.1) is 0 Å². The molecule has 0 aromatic heterocycles. The third-order valence-electron chi connectivity index (χ3n) is 0.956. The van der Waals surface area contributed by atoms with E-state index in [4.69, 9.17) is 0 Å². The molecule has 2 nitrogen and oxygen atoms in total. The van der Waals surface area contributed by atoms with Crippen molar-refractivity contribution < 1.29 is 8.42 Å². The van der Waals surface area contributed by atoms with Gasteiger partial charge in [-0.3, -0.25) is 0 Å². The standard InChI is InChI=1S/C7H5O2S/c8-10(9)6-7-4-2-1-3-5-7/h1-4,6H. The molecule has 0 atom stereocenters. The van der Waals surface area contributed by atoms with E-state index >= 15 is 0 Å². The summed E-state index contributed by atoms with van der Waals surface area (Å²) in [5.74, 6) is 0. The van der Waals surface area contributed by atoms with Crippen molar-refractivity contribution in [1.82, 2.24) is 0 Å². The summed E-state index contributed by atoms with van der Waals surface area (Å²) in [6.45, 7) is 0. The fourth-order valence-electron chi connectivity index (χ4n) is 0.584. The quantitative estimate of drug-likeness (QED) is 0.551. The van der Waals surface area contributed by atoms with Gasteiger partial charge in [0.05, 0.1) is 5.37 Å². The minimum absolute atomic E-state index is 0.579. The van der Waals surface area contributed by atoms with E-state index in [1.807, 2.05) is 0 Å². The maximum absolute atomic E-state index is 10.1. The minimum atomic E-state index is -2.12.